The molecule has 0 aliphatic rings. The first-order chi connectivity index (χ1) is 14.1. The summed E-state index contributed by atoms with van der Waals surface area (Å²) in [7, 11) is 1.80. The van der Waals surface area contributed by atoms with Crippen LogP contribution in [-0.2, 0) is 16.6 Å². The Bertz CT molecular complexity index is 1210. The Labute approximate surface area is 176 Å². The summed E-state index contributed by atoms with van der Waals surface area (Å²) in [6.07, 6.45) is 0. The Kier molecular flexibility index (Phi) is 5.83. The van der Waals surface area contributed by atoms with E-state index in [4.69, 9.17) is 9.47 Å². The average molecular weight is 405 g/mol. The number of ether oxygens (including phenoxy) is 2. The lowest BCUT2D eigenvalue weighted by Crippen LogP contribution is -2.20. The van der Waals surface area contributed by atoms with Crippen molar-refractivity contribution in [2.24, 2.45) is 7.05 Å². The summed E-state index contributed by atoms with van der Waals surface area (Å²) >= 11 is 0. The first kappa shape index (κ1) is 21.4. The number of fused-ring (bicyclic) bond motifs is 1. The van der Waals surface area contributed by atoms with Gasteiger partial charge in [0.2, 0.25) is 6.79 Å². The molecule has 0 fully saturated rings. The number of carbonyl (C=O) groups excluding carboxylic acids is 1. The fraction of sp³-hybridized carbons (Fsp3) is 0.280. The molecule has 0 spiro atoms. The topological polar surface area (TPSA) is 57.5 Å². The largest absolute Gasteiger partial charge is 0.457 e. The molecule has 0 saturated carbocycles. The van der Waals surface area contributed by atoms with Crippen LogP contribution in [-0.4, -0.2) is 17.3 Å². The highest BCUT2D eigenvalue weighted by Gasteiger charge is 2.20. The molecular formula is C25H27NO4. The number of pyridine rings is 1. The maximum absolute atomic E-state index is 13.2. The number of carbonyl (C=O) groups is 1. The number of rotatable bonds is 5. The normalized spacial score (nSPS) is 10.9. The molecule has 0 saturated heterocycles. The molecular weight excluding hydrogens is 378 g/mol. The predicted molar refractivity (Wildman–Crippen MR) is 120 cm³/mol. The Balaban J connectivity index is 2.11. The number of nitrogens with zero attached hydrogens (tertiary/aromatic N) is 1. The van der Waals surface area contributed by atoms with Gasteiger partial charge in [-0.15, -0.1) is 0 Å². The van der Waals surface area contributed by atoms with Gasteiger partial charge in [-0.3, -0.25) is 4.79 Å². The maximum Gasteiger partial charge on any atom is 0.335 e. The van der Waals surface area contributed by atoms with Gasteiger partial charge >= 0.3 is 5.97 Å². The fourth-order valence-corrected chi connectivity index (χ4v) is 3.77. The van der Waals surface area contributed by atoms with Crippen LogP contribution in [0.3, 0.4) is 0 Å². The molecule has 5 heteroatoms. The van der Waals surface area contributed by atoms with Crippen molar-refractivity contribution in [1.82, 2.24) is 4.57 Å². The van der Waals surface area contributed by atoms with E-state index in [-0.39, 0.29) is 12.4 Å². The van der Waals surface area contributed by atoms with Crippen LogP contribution >= 0.6 is 0 Å². The van der Waals surface area contributed by atoms with Crippen molar-refractivity contribution < 1.29 is 14.3 Å². The van der Waals surface area contributed by atoms with Gasteiger partial charge in [-0.1, -0.05) is 24.8 Å². The molecule has 0 atom stereocenters. The molecule has 0 bridgehead atoms. The minimum atomic E-state index is -0.491. The van der Waals surface area contributed by atoms with E-state index < -0.39 is 5.97 Å². The Morgan fingerprint density at radius 2 is 1.63 bits per heavy atom. The zero-order valence-corrected chi connectivity index (χ0v) is 18.4. The van der Waals surface area contributed by atoms with Gasteiger partial charge in [0, 0.05) is 18.2 Å². The van der Waals surface area contributed by atoms with Gasteiger partial charge in [0.15, 0.2) is 0 Å². The van der Waals surface area contributed by atoms with Crippen molar-refractivity contribution in [3.05, 3.63) is 75.1 Å². The Hall–Kier alpha value is -3.34. The third-order valence-electron chi connectivity index (χ3n) is 5.70. The lowest BCUT2D eigenvalue weighted by molar-refractivity contribution is -0.145. The van der Waals surface area contributed by atoms with Crippen LogP contribution < -0.4 is 10.3 Å². The molecule has 0 unspecified atom stereocenters. The second-order valence-corrected chi connectivity index (χ2v) is 7.66. The summed E-state index contributed by atoms with van der Waals surface area (Å²) in [5.74, 6) is 0.177. The zero-order chi connectivity index (χ0) is 22.2. The summed E-state index contributed by atoms with van der Waals surface area (Å²) in [6, 6.07) is 9.81. The highest BCUT2D eigenvalue weighted by Crippen LogP contribution is 2.37. The van der Waals surface area contributed by atoms with Crippen LogP contribution in [0.1, 0.15) is 29.2 Å². The van der Waals surface area contributed by atoms with Gasteiger partial charge in [0.25, 0.3) is 5.56 Å². The molecule has 156 valence electrons. The van der Waals surface area contributed by atoms with E-state index in [1.54, 1.807) is 18.5 Å². The van der Waals surface area contributed by atoms with Crippen LogP contribution in [0, 0.1) is 27.7 Å². The first-order valence-electron chi connectivity index (χ1n) is 9.80. The summed E-state index contributed by atoms with van der Waals surface area (Å²) in [4.78, 5) is 24.8. The predicted octanol–water partition coefficient (Wildman–Crippen LogP) is 4.89. The molecule has 0 radical (unpaired) electrons. The first-order valence-corrected chi connectivity index (χ1v) is 9.80. The molecule has 30 heavy (non-hydrogen) atoms. The number of para-hydroxylation sites is 1. The smallest absolute Gasteiger partial charge is 0.335 e. The second kappa shape index (κ2) is 8.19. The third kappa shape index (κ3) is 3.63. The maximum atomic E-state index is 13.2. The van der Waals surface area contributed by atoms with Crippen LogP contribution in [0.15, 0.2) is 47.3 Å². The standard InChI is InChI=1S/C25H27NO4/c1-14(2)25(28)30-13-29-23-17(5)15(3)22(16(4)18(23)6)20-12-19-10-8-9-11-21(19)26(7)24(20)27/h8-12H,1,13H2,2-7H3. The van der Waals surface area contributed by atoms with Crippen molar-refractivity contribution in [3.8, 4) is 16.9 Å². The van der Waals surface area contributed by atoms with E-state index >= 15 is 0 Å². The fourth-order valence-electron chi connectivity index (χ4n) is 3.77. The molecule has 1 heterocycles. The third-order valence-corrected chi connectivity index (χ3v) is 5.70. The van der Waals surface area contributed by atoms with E-state index in [1.807, 2.05) is 58.0 Å². The van der Waals surface area contributed by atoms with Crippen LogP contribution in [0.25, 0.3) is 22.0 Å². The molecule has 2 aromatic carbocycles. The van der Waals surface area contributed by atoms with Gasteiger partial charge in [-0.25, -0.2) is 4.79 Å². The number of esters is 1. The molecule has 0 amide bonds. The van der Waals surface area contributed by atoms with Gasteiger partial charge < -0.3 is 14.0 Å². The summed E-state index contributed by atoms with van der Waals surface area (Å²) in [5.41, 5.74) is 6.52. The minimum absolute atomic E-state index is 0.0391. The van der Waals surface area contributed by atoms with Crippen molar-refractivity contribution in [1.29, 1.82) is 0 Å². The molecule has 0 N–H and O–H groups in total. The summed E-state index contributed by atoms with van der Waals surface area (Å²) < 4.78 is 12.6. The highest BCUT2D eigenvalue weighted by atomic mass is 16.7. The molecule has 5 nitrogen and oxygen atoms in total. The molecule has 3 aromatic rings. The van der Waals surface area contributed by atoms with Gasteiger partial charge in [0.1, 0.15) is 5.75 Å². The van der Waals surface area contributed by atoms with Crippen molar-refractivity contribution in [2.45, 2.75) is 34.6 Å². The van der Waals surface area contributed by atoms with E-state index in [1.165, 1.54) is 0 Å². The Morgan fingerprint density at radius 1 is 1.03 bits per heavy atom. The average Bonchev–Trinajstić information content (AvgIpc) is 2.72. The molecule has 0 aliphatic carbocycles. The molecule has 3 rings (SSSR count). The van der Waals surface area contributed by atoms with E-state index in [0.29, 0.717) is 16.9 Å². The van der Waals surface area contributed by atoms with Crippen LogP contribution in [0.5, 0.6) is 5.75 Å². The molecule has 0 aliphatic heterocycles. The summed E-state index contributed by atoms with van der Waals surface area (Å²) in [6.45, 7) is 12.8. The van der Waals surface area contributed by atoms with Crippen LogP contribution in [0.4, 0.5) is 0 Å². The lowest BCUT2D eigenvalue weighted by atomic mass is 9.88. The summed E-state index contributed by atoms with van der Waals surface area (Å²) in [5, 5.41) is 1.01. The van der Waals surface area contributed by atoms with E-state index in [9.17, 15) is 9.59 Å². The quantitative estimate of drug-likeness (QED) is 0.344. The lowest BCUT2D eigenvalue weighted by Gasteiger charge is -2.21. The molecule has 1 aromatic heterocycles. The minimum Gasteiger partial charge on any atom is -0.457 e. The van der Waals surface area contributed by atoms with Gasteiger partial charge in [-0.2, -0.15) is 0 Å². The number of benzene rings is 2. The van der Waals surface area contributed by atoms with E-state index in [2.05, 4.69) is 6.58 Å². The van der Waals surface area contributed by atoms with Crippen LogP contribution in [0.2, 0.25) is 0 Å². The second-order valence-electron chi connectivity index (χ2n) is 7.66. The van der Waals surface area contributed by atoms with Gasteiger partial charge in [-0.05, 0) is 80.0 Å². The highest BCUT2D eigenvalue weighted by molar-refractivity contribution is 5.87. The van der Waals surface area contributed by atoms with E-state index in [0.717, 1.165) is 38.7 Å². The van der Waals surface area contributed by atoms with Crippen molar-refractivity contribution in [3.63, 3.8) is 0 Å². The SMILES string of the molecule is C=C(C)C(=O)OCOc1c(C)c(C)c(-c2cc3ccccc3n(C)c2=O)c(C)c1C. The van der Waals surface area contributed by atoms with Gasteiger partial charge in [0.05, 0.1) is 5.52 Å². The monoisotopic (exact) mass is 405 g/mol. The van der Waals surface area contributed by atoms with Crippen molar-refractivity contribution in [2.75, 3.05) is 6.79 Å². The number of aryl methyl sites for hydroxylation is 1. The zero-order valence-electron chi connectivity index (χ0n) is 18.4. The number of hydrogen-bond donors (Lipinski definition) is 0. The van der Waals surface area contributed by atoms with Crippen molar-refractivity contribution >= 4 is 16.9 Å². The Morgan fingerprint density at radius 3 is 2.23 bits per heavy atom. The number of hydrogen-bond acceptors (Lipinski definition) is 4. The number of aromatic nitrogens is 1.